The summed E-state index contributed by atoms with van der Waals surface area (Å²) in [5.41, 5.74) is 2.27. The number of halogens is 3. The molecule has 1 N–H and O–H groups in total. The standard InChI is InChI=1S/C17H11Cl3N2OS/c18-12-7-6-11(8-13(12)19)14-9-24-17(21-14)22-16(23)15(20)10-4-2-1-3-5-10/h1-9,15H,(H,21,22,23). The van der Waals surface area contributed by atoms with Gasteiger partial charge in [0, 0.05) is 10.9 Å². The number of benzene rings is 2. The number of carbonyl (C=O) groups excluding carboxylic acids is 1. The number of hydrogen-bond acceptors (Lipinski definition) is 3. The van der Waals surface area contributed by atoms with Crippen LogP contribution in [0.25, 0.3) is 11.3 Å². The van der Waals surface area contributed by atoms with Crippen molar-refractivity contribution in [2.24, 2.45) is 0 Å². The highest BCUT2D eigenvalue weighted by Gasteiger charge is 2.18. The van der Waals surface area contributed by atoms with E-state index in [-0.39, 0.29) is 5.91 Å². The van der Waals surface area contributed by atoms with Crippen LogP contribution in [-0.4, -0.2) is 10.9 Å². The topological polar surface area (TPSA) is 42.0 Å². The van der Waals surface area contributed by atoms with Crippen LogP contribution < -0.4 is 5.32 Å². The Morgan fingerprint density at radius 2 is 1.83 bits per heavy atom. The fourth-order valence-electron chi connectivity index (χ4n) is 2.06. The van der Waals surface area contributed by atoms with E-state index >= 15 is 0 Å². The fourth-order valence-corrected chi connectivity index (χ4v) is 3.28. The SMILES string of the molecule is O=C(Nc1nc(-c2ccc(Cl)c(Cl)c2)cs1)C(Cl)c1ccccc1. The molecular weight excluding hydrogens is 387 g/mol. The Labute approximate surface area is 158 Å². The lowest BCUT2D eigenvalue weighted by Crippen LogP contribution is -2.17. The molecule has 0 saturated carbocycles. The molecule has 3 aromatic rings. The number of rotatable bonds is 4. The quantitative estimate of drug-likeness (QED) is 0.546. The van der Waals surface area contributed by atoms with Crippen LogP contribution in [-0.2, 0) is 4.79 Å². The number of aromatic nitrogens is 1. The van der Waals surface area contributed by atoms with E-state index in [2.05, 4.69) is 10.3 Å². The third kappa shape index (κ3) is 3.90. The number of hydrogen-bond donors (Lipinski definition) is 1. The number of nitrogens with zero attached hydrogens (tertiary/aromatic N) is 1. The van der Waals surface area contributed by atoms with Crippen molar-refractivity contribution in [3.8, 4) is 11.3 Å². The molecule has 1 aromatic heterocycles. The zero-order valence-electron chi connectivity index (χ0n) is 12.2. The van der Waals surface area contributed by atoms with Crippen LogP contribution in [0.15, 0.2) is 53.9 Å². The van der Waals surface area contributed by atoms with E-state index in [1.807, 2.05) is 29.6 Å². The Morgan fingerprint density at radius 3 is 2.54 bits per heavy atom. The number of nitrogens with one attached hydrogen (secondary N) is 1. The van der Waals surface area contributed by atoms with E-state index in [1.54, 1.807) is 24.3 Å². The maximum absolute atomic E-state index is 12.2. The summed E-state index contributed by atoms with van der Waals surface area (Å²) in [6.45, 7) is 0. The van der Waals surface area contributed by atoms with Crippen LogP contribution in [0.3, 0.4) is 0 Å². The molecule has 3 rings (SSSR count). The predicted molar refractivity (Wildman–Crippen MR) is 101 cm³/mol. The minimum atomic E-state index is -0.775. The van der Waals surface area contributed by atoms with Gasteiger partial charge in [-0.1, -0.05) is 59.6 Å². The largest absolute Gasteiger partial charge is 0.300 e. The molecule has 1 heterocycles. The number of anilines is 1. The monoisotopic (exact) mass is 396 g/mol. The molecule has 1 atom stereocenters. The summed E-state index contributed by atoms with van der Waals surface area (Å²) in [6, 6.07) is 14.4. The first-order valence-electron chi connectivity index (χ1n) is 6.95. The van der Waals surface area contributed by atoms with Gasteiger partial charge >= 0.3 is 0 Å². The van der Waals surface area contributed by atoms with Gasteiger partial charge in [0.1, 0.15) is 5.38 Å². The van der Waals surface area contributed by atoms with Crippen molar-refractivity contribution in [3.05, 3.63) is 69.5 Å². The van der Waals surface area contributed by atoms with Crippen molar-refractivity contribution < 1.29 is 4.79 Å². The third-order valence-electron chi connectivity index (χ3n) is 3.27. The second-order valence-corrected chi connectivity index (χ2v) is 7.04. The molecule has 0 fully saturated rings. The number of amides is 1. The normalized spacial score (nSPS) is 12.0. The van der Waals surface area contributed by atoms with Crippen molar-refractivity contribution in [2.75, 3.05) is 5.32 Å². The Bertz CT molecular complexity index is 867. The summed E-state index contributed by atoms with van der Waals surface area (Å²) in [7, 11) is 0. The number of thiazole rings is 1. The summed E-state index contributed by atoms with van der Waals surface area (Å²) in [6.07, 6.45) is 0. The van der Waals surface area contributed by atoms with Gasteiger partial charge in [-0.25, -0.2) is 4.98 Å². The van der Waals surface area contributed by atoms with Crippen LogP contribution in [0.4, 0.5) is 5.13 Å². The highest BCUT2D eigenvalue weighted by molar-refractivity contribution is 7.14. The highest BCUT2D eigenvalue weighted by Crippen LogP contribution is 2.31. The van der Waals surface area contributed by atoms with Crippen molar-refractivity contribution >= 4 is 57.2 Å². The molecule has 0 spiro atoms. The van der Waals surface area contributed by atoms with Gasteiger partial charge in [-0.3, -0.25) is 4.79 Å². The van der Waals surface area contributed by atoms with Crippen molar-refractivity contribution in [2.45, 2.75) is 5.38 Å². The lowest BCUT2D eigenvalue weighted by atomic mass is 10.1. The zero-order chi connectivity index (χ0) is 17.1. The second-order valence-electron chi connectivity index (χ2n) is 4.93. The van der Waals surface area contributed by atoms with Crippen LogP contribution >= 0.6 is 46.1 Å². The van der Waals surface area contributed by atoms with Gasteiger partial charge in [0.05, 0.1) is 15.7 Å². The average molecular weight is 398 g/mol. The Kier molecular flexibility index (Phi) is 5.41. The van der Waals surface area contributed by atoms with Crippen LogP contribution in [0.1, 0.15) is 10.9 Å². The fraction of sp³-hybridized carbons (Fsp3) is 0.0588. The van der Waals surface area contributed by atoms with Crippen LogP contribution in [0.5, 0.6) is 0 Å². The van der Waals surface area contributed by atoms with Gasteiger partial charge in [0.25, 0.3) is 0 Å². The lowest BCUT2D eigenvalue weighted by Gasteiger charge is -2.08. The van der Waals surface area contributed by atoms with E-state index in [0.29, 0.717) is 20.9 Å². The van der Waals surface area contributed by atoms with Gasteiger partial charge in [0.2, 0.25) is 5.91 Å². The van der Waals surface area contributed by atoms with Crippen molar-refractivity contribution in [1.29, 1.82) is 0 Å². The van der Waals surface area contributed by atoms with Crippen molar-refractivity contribution in [3.63, 3.8) is 0 Å². The molecule has 0 aliphatic heterocycles. The van der Waals surface area contributed by atoms with E-state index < -0.39 is 5.38 Å². The lowest BCUT2D eigenvalue weighted by molar-refractivity contribution is -0.116. The summed E-state index contributed by atoms with van der Waals surface area (Å²) in [5, 5.41) is 5.21. The minimum absolute atomic E-state index is 0.321. The minimum Gasteiger partial charge on any atom is -0.300 e. The molecule has 2 aromatic carbocycles. The van der Waals surface area contributed by atoms with E-state index in [0.717, 1.165) is 11.1 Å². The molecule has 1 unspecified atom stereocenters. The van der Waals surface area contributed by atoms with Gasteiger partial charge in [0.15, 0.2) is 5.13 Å². The van der Waals surface area contributed by atoms with Gasteiger partial charge in [-0.05, 0) is 17.7 Å². The third-order valence-corrected chi connectivity index (χ3v) is 5.22. The van der Waals surface area contributed by atoms with E-state index in [1.165, 1.54) is 11.3 Å². The van der Waals surface area contributed by atoms with Gasteiger partial charge in [-0.2, -0.15) is 0 Å². The Hall–Kier alpha value is -1.59. The maximum atomic E-state index is 12.2. The first-order chi connectivity index (χ1) is 11.5. The summed E-state index contributed by atoms with van der Waals surface area (Å²) in [5.74, 6) is -0.321. The molecule has 0 bridgehead atoms. The molecular formula is C17H11Cl3N2OS. The summed E-state index contributed by atoms with van der Waals surface area (Å²) < 4.78 is 0. The molecule has 7 heteroatoms. The molecule has 3 nitrogen and oxygen atoms in total. The number of carbonyl (C=O) groups is 1. The predicted octanol–water partition coefficient (Wildman–Crippen LogP) is 6.04. The molecule has 122 valence electrons. The van der Waals surface area contributed by atoms with Crippen LogP contribution in [0.2, 0.25) is 10.0 Å². The summed E-state index contributed by atoms with van der Waals surface area (Å²) in [4.78, 5) is 16.6. The number of alkyl halides is 1. The van der Waals surface area contributed by atoms with E-state index in [9.17, 15) is 4.79 Å². The maximum Gasteiger partial charge on any atom is 0.248 e. The molecule has 0 aliphatic rings. The van der Waals surface area contributed by atoms with Crippen molar-refractivity contribution in [1.82, 2.24) is 4.98 Å². The van der Waals surface area contributed by atoms with Gasteiger partial charge < -0.3 is 5.32 Å². The molecule has 1 amide bonds. The molecule has 0 radical (unpaired) electrons. The zero-order valence-corrected chi connectivity index (χ0v) is 15.3. The molecule has 0 aliphatic carbocycles. The molecule has 24 heavy (non-hydrogen) atoms. The average Bonchev–Trinajstić information content (AvgIpc) is 3.06. The first kappa shape index (κ1) is 17.2. The first-order valence-corrected chi connectivity index (χ1v) is 9.02. The summed E-state index contributed by atoms with van der Waals surface area (Å²) >= 11 is 19.5. The molecule has 0 saturated heterocycles. The second kappa shape index (κ2) is 7.53. The van der Waals surface area contributed by atoms with E-state index in [4.69, 9.17) is 34.8 Å². The van der Waals surface area contributed by atoms with Gasteiger partial charge in [-0.15, -0.1) is 22.9 Å². The van der Waals surface area contributed by atoms with Crippen LogP contribution in [0, 0.1) is 0 Å². The highest BCUT2D eigenvalue weighted by atomic mass is 35.5. The Morgan fingerprint density at radius 1 is 1.08 bits per heavy atom. The Balaban J connectivity index is 1.74. The smallest absolute Gasteiger partial charge is 0.248 e.